The van der Waals surface area contributed by atoms with Crippen LogP contribution in [-0.4, -0.2) is 48.8 Å². The van der Waals surface area contributed by atoms with Crippen LogP contribution >= 0.6 is 0 Å². The molecule has 29 heavy (non-hydrogen) atoms. The van der Waals surface area contributed by atoms with Crippen molar-refractivity contribution in [2.45, 2.75) is 30.3 Å². The summed E-state index contributed by atoms with van der Waals surface area (Å²) in [4.78, 5) is 17.5. The molecule has 0 radical (unpaired) electrons. The predicted molar refractivity (Wildman–Crippen MR) is 108 cm³/mol. The molecule has 0 spiro atoms. The molecule has 0 bridgehead atoms. The zero-order valence-electron chi connectivity index (χ0n) is 16.2. The molecule has 1 saturated carbocycles. The first-order valence-electron chi connectivity index (χ1n) is 9.28. The SMILES string of the molecule is CON(C)S(=O)(=O)c1ccc(Cn2nc(C(=O)NC3CC3)c3ccccc32)cc1. The smallest absolute Gasteiger partial charge is 0.272 e. The maximum Gasteiger partial charge on any atom is 0.272 e. The first-order valence-corrected chi connectivity index (χ1v) is 10.7. The molecule has 0 saturated heterocycles. The van der Waals surface area contributed by atoms with Gasteiger partial charge in [0, 0.05) is 18.5 Å². The van der Waals surface area contributed by atoms with Crippen LogP contribution in [0, 0.1) is 0 Å². The number of hydrogen-bond acceptors (Lipinski definition) is 5. The van der Waals surface area contributed by atoms with Gasteiger partial charge in [-0.05, 0) is 36.6 Å². The highest BCUT2D eigenvalue weighted by Crippen LogP contribution is 2.23. The van der Waals surface area contributed by atoms with E-state index in [0.717, 1.165) is 33.8 Å². The Bertz CT molecular complexity index is 1150. The molecular weight excluding hydrogens is 392 g/mol. The molecule has 1 aromatic heterocycles. The van der Waals surface area contributed by atoms with Gasteiger partial charge in [-0.2, -0.15) is 5.10 Å². The lowest BCUT2D eigenvalue weighted by Crippen LogP contribution is -2.26. The summed E-state index contributed by atoms with van der Waals surface area (Å²) >= 11 is 0. The minimum atomic E-state index is -3.69. The summed E-state index contributed by atoms with van der Waals surface area (Å²) in [7, 11) is -1.05. The van der Waals surface area contributed by atoms with Gasteiger partial charge in [-0.3, -0.25) is 14.3 Å². The molecule has 1 aliphatic carbocycles. The van der Waals surface area contributed by atoms with Gasteiger partial charge in [0.1, 0.15) is 0 Å². The number of benzene rings is 2. The second-order valence-electron chi connectivity index (χ2n) is 7.01. The van der Waals surface area contributed by atoms with Gasteiger partial charge in [-0.25, -0.2) is 8.42 Å². The number of hydroxylamine groups is 1. The molecule has 3 aromatic rings. The van der Waals surface area contributed by atoms with Crippen molar-refractivity contribution in [3.05, 3.63) is 59.8 Å². The van der Waals surface area contributed by atoms with Crippen LogP contribution in [0.1, 0.15) is 28.9 Å². The zero-order valence-corrected chi connectivity index (χ0v) is 17.0. The van der Waals surface area contributed by atoms with Crippen molar-refractivity contribution in [3.8, 4) is 0 Å². The molecule has 4 rings (SSSR count). The number of hydrogen-bond donors (Lipinski definition) is 1. The largest absolute Gasteiger partial charge is 0.348 e. The van der Waals surface area contributed by atoms with Gasteiger partial charge in [-0.15, -0.1) is 0 Å². The number of aromatic nitrogens is 2. The molecule has 0 unspecified atom stereocenters. The standard InChI is InChI=1S/C20H22N4O4S/c1-23(28-2)29(26,27)16-11-7-14(8-12-16)13-24-18-6-4-3-5-17(18)19(22-24)20(25)21-15-9-10-15/h3-8,11-12,15H,9-10,13H2,1-2H3,(H,21,25). The second-order valence-corrected chi connectivity index (χ2v) is 8.95. The van der Waals surface area contributed by atoms with Gasteiger partial charge in [0.2, 0.25) is 0 Å². The number of nitrogens with zero attached hydrogens (tertiary/aromatic N) is 3. The van der Waals surface area contributed by atoms with E-state index in [0.29, 0.717) is 12.2 Å². The van der Waals surface area contributed by atoms with Crippen LogP contribution in [0.15, 0.2) is 53.4 Å². The minimum absolute atomic E-state index is 0.139. The number of sulfonamides is 1. The van der Waals surface area contributed by atoms with E-state index >= 15 is 0 Å². The summed E-state index contributed by atoms with van der Waals surface area (Å²) in [5.41, 5.74) is 2.13. The van der Waals surface area contributed by atoms with Crippen LogP contribution in [-0.2, 0) is 21.4 Å². The fourth-order valence-corrected chi connectivity index (χ4v) is 4.06. The Kier molecular flexibility index (Phi) is 5.12. The van der Waals surface area contributed by atoms with Crippen LogP contribution in [0.2, 0.25) is 0 Å². The molecule has 152 valence electrons. The molecule has 0 atom stereocenters. The van der Waals surface area contributed by atoms with Crippen LogP contribution in [0.5, 0.6) is 0 Å². The molecule has 2 aromatic carbocycles. The third kappa shape index (κ3) is 3.89. The predicted octanol–water partition coefficient (Wildman–Crippen LogP) is 2.16. The second kappa shape index (κ2) is 7.58. The first-order chi connectivity index (χ1) is 13.9. The lowest BCUT2D eigenvalue weighted by Gasteiger charge is -2.14. The van der Waals surface area contributed by atoms with Crippen molar-refractivity contribution in [1.29, 1.82) is 0 Å². The lowest BCUT2D eigenvalue weighted by molar-refractivity contribution is -0.0258. The van der Waals surface area contributed by atoms with E-state index in [2.05, 4.69) is 10.4 Å². The molecule has 9 heteroatoms. The van der Waals surface area contributed by atoms with Crippen LogP contribution in [0.4, 0.5) is 0 Å². The third-order valence-electron chi connectivity index (χ3n) is 4.93. The van der Waals surface area contributed by atoms with Crippen LogP contribution in [0.25, 0.3) is 10.9 Å². The Morgan fingerprint density at radius 2 is 1.90 bits per heavy atom. The summed E-state index contributed by atoms with van der Waals surface area (Å²) < 4.78 is 27.2. The van der Waals surface area contributed by atoms with Gasteiger partial charge in [0.05, 0.1) is 24.1 Å². The van der Waals surface area contributed by atoms with E-state index in [1.807, 2.05) is 24.3 Å². The number of carbonyl (C=O) groups is 1. The van der Waals surface area contributed by atoms with Crippen molar-refractivity contribution in [1.82, 2.24) is 19.6 Å². The van der Waals surface area contributed by atoms with Crippen LogP contribution in [0.3, 0.4) is 0 Å². The average molecular weight is 414 g/mol. The Morgan fingerprint density at radius 1 is 1.21 bits per heavy atom. The third-order valence-corrected chi connectivity index (χ3v) is 6.63. The zero-order chi connectivity index (χ0) is 20.6. The number of carbonyl (C=O) groups excluding carboxylic acids is 1. The monoisotopic (exact) mass is 414 g/mol. The number of fused-ring (bicyclic) bond motifs is 1. The molecular formula is C20H22N4O4S. The topological polar surface area (TPSA) is 93.5 Å². The summed E-state index contributed by atoms with van der Waals surface area (Å²) in [6, 6.07) is 14.4. The molecule has 1 heterocycles. The van der Waals surface area contributed by atoms with Gasteiger partial charge in [0.25, 0.3) is 15.9 Å². The fourth-order valence-electron chi connectivity index (χ4n) is 3.08. The van der Waals surface area contributed by atoms with Gasteiger partial charge >= 0.3 is 0 Å². The molecule has 1 aliphatic rings. The summed E-state index contributed by atoms with van der Waals surface area (Å²) in [5.74, 6) is -0.161. The Balaban J connectivity index is 1.62. The highest BCUT2D eigenvalue weighted by molar-refractivity contribution is 7.89. The van der Waals surface area contributed by atoms with Gasteiger partial charge < -0.3 is 5.32 Å². The molecule has 1 amide bonds. The molecule has 1 fully saturated rings. The van der Waals surface area contributed by atoms with Crippen LogP contribution < -0.4 is 5.32 Å². The fraction of sp³-hybridized carbons (Fsp3) is 0.300. The van der Waals surface area contributed by atoms with Crippen molar-refractivity contribution in [3.63, 3.8) is 0 Å². The van der Waals surface area contributed by atoms with E-state index in [4.69, 9.17) is 4.84 Å². The van der Waals surface area contributed by atoms with Gasteiger partial charge in [-0.1, -0.05) is 34.8 Å². The number of amides is 1. The quantitative estimate of drug-likeness (QED) is 0.598. The summed E-state index contributed by atoms with van der Waals surface area (Å²) in [6.45, 7) is 0.414. The number of rotatable bonds is 7. The van der Waals surface area contributed by atoms with E-state index in [1.165, 1.54) is 26.3 Å². The van der Waals surface area contributed by atoms with E-state index < -0.39 is 10.0 Å². The maximum absolute atomic E-state index is 12.6. The van der Waals surface area contributed by atoms with E-state index in [1.54, 1.807) is 16.8 Å². The normalized spacial score (nSPS) is 14.4. The van der Waals surface area contributed by atoms with Gasteiger partial charge in [0.15, 0.2) is 5.69 Å². The Labute approximate surface area is 169 Å². The van der Waals surface area contributed by atoms with E-state index in [9.17, 15) is 13.2 Å². The van der Waals surface area contributed by atoms with Crippen molar-refractivity contribution in [2.75, 3.05) is 14.2 Å². The van der Waals surface area contributed by atoms with Crippen molar-refractivity contribution in [2.24, 2.45) is 0 Å². The lowest BCUT2D eigenvalue weighted by atomic mass is 10.2. The van der Waals surface area contributed by atoms with Crippen molar-refractivity contribution >= 4 is 26.8 Å². The van der Waals surface area contributed by atoms with Crippen molar-refractivity contribution < 1.29 is 18.0 Å². The van der Waals surface area contributed by atoms with E-state index in [-0.39, 0.29) is 16.8 Å². The Hall–Kier alpha value is -2.75. The number of para-hydroxylation sites is 1. The maximum atomic E-state index is 12.6. The average Bonchev–Trinajstić information content (AvgIpc) is 3.47. The highest BCUT2D eigenvalue weighted by atomic mass is 32.2. The highest BCUT2D eigenvalue weighted by Gasteiger charge is 2.26. The minimum Gasteiger partial charge on any atom is -0.348 e. The molecule has 1 N–H and O–H groups in total. The summed E-state index contributed by atoms with van der Waals surface area (Å²) in [6.07, 6.45) is 2.02. The molecule has 0 aliphatic heterocycles. The Morgan fingerprint density at radius 3 is 2.55 bits per heavy atom. The first kappa shape index (κ1) is 19.6. The number of nitrogens with one attached hydrogen (secondary N) is 1. The molecule has 8 nitrogen and oxygen atoms in total. The summed E-state index contributed by atoms with van der Waals surface area (Å²) in [5, 5.41) is 8.32.